The molecule has 1 unspecified atom stereocenters. The lowest BCUT2D eigenvalue weighted by molar-refractivity contribution is 1.05. The van der Waals surface area contributed by atoms with Crippen LogP contribution in [0.3, 0.4) is 0 Å². The lowest BCUT2D eigenvalue weighted by Gasteiger charge is -2.12. The second-order valence-corrected chi connectivity index (χ2v) is 14.8. The molecule has 1 atom stereocenters. The Morgan fingerprint density at radius 3 is 1.94 bits per heavy atom. The summed E-state index contributed by atoms with van der Waals surface area (Å²) in [6.45, 7) is 17.6. The minimum Gasteiger partial charge on any atom is -0.0991 e. The van der Waals surface area contributed by atoms with Crippen LogP contribution in [0.1, 0.15) is 60.1 Å². The van der Waals surface area contributed by atoms with Crippen molar-refractivity contribution in [1.29, 1.82) is 0 Å². The summed E-state index contributed by atoms with van der Waals surface area (Å²) in [7, 11) is 0. The van der Waals surface area contributed by atoms with Crippen LogP contribution in [0.2, 0.25) is 0 Å². The van der Waals surface area contributed by atoms with Gasteiger partial charge in [-0.15, -0.1) is 0 Å². The van der Waals surface area contributed by atoms with Gasteiger partial charge < -0.3 is 0 Å². The molecule has 5 aromatic rings. The van der Waals surface area contributed by atoms with E-state index in [2.05, 4.69) is 184 Å². The van der Waals surface area contributed by atoms with Crippen LogP contribution in [0.5, 0.6) is 0 Å². The van der Waals surface area contributed by atoms with Crippen molar-refractivity contribution in [2.75, 3.05) is 0 Å². The van der Waals surface area contributed by atoms with Gasteiger partial charge in [0, 0.05) is 5.92 Å². The highest BCUT2D eigenvalue weighted by Crippen LogP contribution is 2.36. The van der Waals surface area contributed by atoms with Crippen molar-refractivity contribution in [3.63, 3.8) is 0 Å². The predicted octanol–water partition coefficient (Wildman–Crippen LogP) is 16.4. The van der Waals surface area contributed by atoms with Gasteiger partial charge in [-0.25, -0.2) is 0 Å². The number of hydrogen-bond donors (Lipinski definition) is 0. The van der Waals surface area contributed by atoms with Crippen LogP contribution < -0.4 is 10.4 Å². The third-order valence-corrected chi connectivity index (χ3v) is 10.4. The SMILES string of the molecule is C=C/C=c1/cc2ccc(C3C=Cc4ccccc43)cc2c/c1=C/C=C/C=C/C=C.C=Cc1cc(-c2cccc(C(/C=C/C=C/C)=C/C=C\C=C/C=C/C=C\C=C/C)c2)ccc1/C=C\C. The maximum atomic E-state index is 3.99. The predicted molar refractivity (Wildman–Crippen MR) is 288 cm³/mol. The topological polar surface area (TPSA) is 0 Å². The molecule has 0 aliphatic heterocycles. The maximum absolute atomic E-state index is 3.99. The smallest absolute Gasteiger partial charge is 0.0278 e. The van der Waals surface area contributed by atoms with Gasteiger partial charge in [0.05, 0.1) is 0 Å². The average molecular weight is 829 g/mol. The molecule has 0 N–H and O–H groups in total. The number of allylic oxidation sites excluding steroid dienone is 24. The Labute approximate surface area is 383 Å². The maximum Gasteiger partial charge on any atom is 0.0278 e. The molecule has 6 rings (SSSR count). The largest absolute Gasteiger partial charge is 0.0991 e. The number of hydrogen-bond acceptors (Lipinski definition) is 0. The standard InChI is InChI=1S/C35H36.C29H24/c1-5-9-11-12-13-14-15-16-17-19-23-32(22-18-10-6-2)33-24-20-25-34(29-33)35-27-26-31(21-7-3)30(8-4)28-35;1-3-5-6-7-8-13-24-20-27-21-26(16-15-25(27)19-23(24)11-4-2)29-18-17-22-12-9-10-14-28(22)29/h5-29H,4H2,1-3H3;3-21,29H,1-2H2/b9-5-,10-6+,12-11-,14-13+,16-15-,19-17-,21-7-,22-18+,32-23+;6-5+,8-7+,23-11-,24-13-. The molecule has 0 radical (unpaired) electrons. The highest BCUT2D eigenvalue weighted by Gasteiger charge is 2.18. The highest BCUT2D eigenvalue weighted by atomic mass is 14.2. The second kappa shape index (κ2) is 26.5. The normalized spacial score (nSPS) is 15.0. The minimum atomic E-state index is 0.325. The van der Waals surface area contributed by atoms with E-state index in [0.717, 1.165) is 11.1 Å². The lowest BCUT2D eigenvalue weighted by Crippen LogP contribution is -2.23. The molecule has 316 valence electrons. The molecule has 0 spiro atoms. The third kappa shape index (κ3) is 14.1. The molecule has 64 heavy (non-hydrogen) atoms. The first kappa shape index (κ1) is 47.3. The molecule has 0 heterocycles. The molecule has 1 aliphatic carbocycles. The van der Waals surface area contributed by atoms with E-state index in [1.807, 2.05) is 118 Å². The van der Waals surface area contributed by atoms with Crippen molar-refractivity contribution in [3.05, 3.63) is 300 Å². The Balaban J connectivity index is 0.000000244. The zero-order valence-corrected chi connectivity index (χ0v) is 37.6. The fraction of sp³-hybridized carbons (Fsp3) is 0.0625. The van der Waals surface area contributed by atoms with E-state index in [4.69, 9.17) is 0 Å². The summed E-state index contributed by atoms with van der Waals surface area (Å²) in [6, 6.07) is 35.1. The van der Waals surface area contributed by atoms with Crippen LogP contribution in [0.4, 0.5) is 0 Å². The molecular formula is C64H60. The van der Waals surface area contributed by atoms with Crippen molar-refractivity contribution in [1.82, 2.24) is 0 Å². The van der Waals surface area contributed by atoms with E-state index in [0.29, 0.717) is 5.92 Å². The van der Waals surface area contributed by atoms with Crippen LogP contribution in [-0.4, -0.2) is 0 Å². The first-order valence-corrected chi connectivity index (χ1v) is 21.9. The molecule has 0 saturated carbocycles. The van der Waals surface area contributed by atoms with Gasteiger partial charge in [-0.1, -0.05) is 263 Å². The van der Waals surface area contributed by atoms with Gasteiger partial charge >= 0.3 is 0 Å². The minimum absolute atomic E-state index is 0.325. The van der Waals surface area contributed by atoms with E-state index in [1.54, 1.807) is 6.08 Å². The van der Waals surface area contributed by atoms with Gasteiger partial charge in [0.15, 0.2) is 0 Å². The number of benzene rings is 5. The molecule has 0 bridgehead atoms. The quantitative estimate of drug-likeness (QED) is 0.0869. The summed E-state index contributed by atoms with van der Waals surface area (Å²) in [5, 5.41) is 4.84. The van der Waals surface area contributed by atoms with Gasteiger partial charge in [0.2, 0.25) is 0 Å². The molecule has 1 aliphatic rings. The summed E-state index contributed by atoms with van der Waals surface area (Å²) >= 11 is 0. The van der Waals surface area contributed by atoms with Crippen LogP contribution in [-0.2, 0) is 0 Å². The van der Waals surface area contributed by atoms with Crippen molar-refractivity contribution >= 4 is 46.7 Å². The van der Waals surface area contributed by atoms with Crippen LogP contribution >= 0.6 is 0 Å². The van der Waals surface area contributed by atoms with E-state index in [1.165, 1.54) is 60.2 Å². The van der Waals surface area contributed by atoms with Gasteiger partial charge in [-0.05, 0) is 116 Å². The Kier molecular flexibility index (Phi) is 19.6. The molecule has 0 fully saturated rings. The van der Waals surface area contributed by atoms with Crippen molar-refractivity contribution in [2.45, 2.75) is 26.7 Å². The monoisotopic (exact) mass is 828 g/mol. The van der Waals surface area contributed by atoms with Crippen molar-refractivity contribution < 1.29 is 0 Å². The van der Waals surface area contributed by atoms with Gasteiger partial charge in [-0.2, -0.15) is 0 Å². The fourth-order valence-electron chi connectivity index (χ4n) is 7.25. The molecule has 0 nitrogen and oxygen atoms in total. The molecule has 0 aromatic heterocycles. The first-order chi connectivity index (χ1) is 31.5. The van der Waals surface area contributed by atoms with E-state index in [9.17, 15) is 0 Å². The van der Waals surface area contributed by atoms with E-state index >= 15 is 0 Å². The summed E-state index contributed by atoms with van der Waals surface area (Å²) < 4.78 is 0. The Bertz CT molecular complexity index is 2890. The van der Waals surface area contributed by atoms with Crippen LogP contribution in [0.25, 0.3) is 57.9 Å². The number of fused-ring (bicyclic) bond motifs is 2. The molecule has 0 heteroatoms. The fourth-order valence-corrected chi connectivity index (χ4v) is 7.25. The van der Waals surface area contributed by atoms with Crippen molar-refractivity contribution in [3.8, 4) is 11.1 Å². The van der Waals surface area contributed by atoms with Gasteiger partial charge in [-0.3, -0.25) is 0 Å². The Morgan fingerprint density at radius 1 is 0.500 bits per heavy atom. The molecule has 0 saturated heterocycles. The second-order valence-electron chi connectivity index (χ2n) is 14.8. The van der Waals surface area contributed by atoms with Gasteiger partial charge in [0.25, 0.3) is 0 Å². The summed E-state index contributed by atoms with van der Waals surface area (Å²) in [5.74, 6) is 0.325. The third-order valence-electron chi connectivity index (χ3n) is 10.4. The summed E-state index contributed by atoms with van der Waals surface area (Å²) in [4.78, 5) is 0. The first-order valence-electron chi connectivity index (χ1n) is 21.9. The molecule has 0 amide bonds. The zero-order valence-electron chi connectivity index (χ0n) is 37.6. The van der Waals surface area contributed by atoms with Crippen LogP contribution in [0, 0.1) is 0 Å². The lowest BCUT2D eigenvalue weighted by atomic mass is 9.91. The van der Waals surface area contributed by atoms with E-state index < -0.39 is 0 Å². The highest BCUT2D eigenvalue weighted by molar-refractivity contribution is 5.85. The van der Waals surface area contributed by atoms with Gasteiger partial charge in [0.1, 0.15) is 0 Å². The zero-order chi connectivity index (χ0) is 45.2. The average Bonchev–Trinajstić information content (AvgIpc) is 3.76. The van der Waals surface area contributed by atoms with E-state index in [-0.39, 0.29) is 0 Å². The summed E-state index contributed by atoms with van der Waals surface area (Å²) in [6.07, 6.45) is 57.1. The Hall–Kier alpha value is -7.80. The Morgan fingerprint density at radius 2 is 1.19 bits per heavy atom. The van der Waals surface area contributed by atoms with Crippen LogP contribution in [0.15, 0.2) is 257 Å². The summed E-state index contributed by atoms with van der Waals surface area (Å²) in [5.41, 5.74) is 11.0. The molecule has 5 aromatic carbocycles. The molecular weight excluding hydrogens is 769 g/mol. The number of rotatable bonds is 16. The van der Waals surface area contributed by atoms with Crippen molar-refractivity contribution in [2.24, 2.45) is 0 Å².